The van der Waals surface area contributed by atoms with E-state index < -0.39 is 0 Å². The summed E-state index contributed by atoms with van der Waals surface area (Å²) in [6.07, 6.45) is 1.86. The van der Waals surface area contributed by atoms with E-state index in [9.17, 15) is 4.79 Å². The van der Waals surface area contributed by atoms with E-state index in [4.69, 9.17) is 16.3 Å². The van der Waals surface area contributed by atoms with Crippen molar-refractivity contribution in [3.8, 4) is 5.75 Å². The number of halogens is 1. The van der Waals surface area contributed by atoms with Gasteiger partial charge >= 0.3 is 0 Å². The minimum absolute atomic E-state index is 0.186. The van der Waals surface area contributed by atoms with E-state index in [0.29, 0.717) is 16.3 Å². The van der Waals surface area contributed by atoms with Crippen molar-refractivity contribution >= 4 is 34.8 Å². The fourth-order valence-corrected chi connectivity index (χ4v) is 2.62. The lowest BCUT2D eigenvalue weighted by Gasteiger charge is -2.10. The summed E-state index contributed by atoms with van der Waals surface area (Å²) in [6.45, 7) is 0. The molecule has 0 aliphatic heterocycles. The normalized spacial score (nSPS) is 11.1. The maximum absolute atomic E-state index is 12.9. The van der Waals surface area contributed by atoms with Gasteiger partial charge in [-0.25, -0.2) is 0 Å². The molecule has 0 unspecified atom stereocenters. The second-order valence-electron chi connectivity index (χ2n) is 5.66. The summed E-state index contributed by atoms with van der Waals surface area (Å²) in [5.74, 6) is 0.586. The standard InChI is InChI=1S/C22H18ClNO2/c1-26-20-13-7-16(8-14-20)15-21(17-5-3-2-4-6-17)22(25)24-19-11-9-18(23)10-12-19/h2-15H,1H3,(H,24,25). The summed E-state index contributed by atoms with van der Waals surface area (Å²) in [5.41, 5.74) is 3.02. The fourth-order valence-electron chi connectivity index (χ4n) is 2.50. The third-order valence-electron chi connectivity index (χ3n) is 3.86. The molecule has 0 heterocycles. The van der Waals surface area contributed by atoms with E-state index in [1.54, 1.807) is 31.4 Å². The molecule has 0 aromatic heterocycles. The van der Waals surface area contributed by atoms with Crippen LogP contribution in [0.1, 0.15) is 11.1 Å². The molecule has 0 spiro atoms. The van der Waals surface area contributed by atoms with Gasteiger partial charge in [-0.05, 0) is 53.6 Å². The molecule has 0 atom stereocenters. The highest BCUT2D eigenvalue weighted by molar-refractivity contribution is 6.31. The van der Waals surface area contributed by atoms with Crippen LogP contribution in [0.2, 0.25) is 5.02 Å². The van der Waals surface area contributed by atoms with E-state index in [-0.39, 0.29) is 5.91 Å². The van der Waals surface area contributed by atoms with E-state index in [0.717, 1.165) is 16.9 Å². The minimum Gasteiger partial charge on any atom is -0.497 e. The Kier molecular flexibility index (Phi) is 5.72. The molecule has 0 aliphatic rings. The van der Waals surface area contributed by atoms with Crippen LogP contribution in [0.25, 0.3) is 11.6 Å². The van der Waals surface area contributed by atoms with Crippen molar-refractivity contribution < 1.29 is 9.53 Å². The third-order valence-corrected chi connectivity index (χ3v) is 4.11. The summed E-state index contributed by atoms with van der Waals surface area (Å²) < 4.78 is 5.18. The zero-order valence-electron chi connectivity index (χ0n) is 14.3. The van der Waals surface area contributed by atoms with Crippen LogP contribution in [-0.2, 0) is 4.79 Å². The summed E-state index contributed by atoms with van der Waals surface area (Å²) in [4.78, 5) is 12.9. The molecule has 3 nitrogen and oxygen atoms in total. The first kappa shape index (κ1) is 17.8. The number of hydrogen-bond donors (Lipinski definition) is 1. The Morgan fingerprint density at radius 1 is 0.923 bits per heavy atom. The Balaban J connectivity index is 1.93. The minimum atomic E-state index is -0.186. The van der Waals surface area contributed by atoms with Crippen LogP contribution in [0.4, 0.5) is 5.69 Å². The van der Waals surface area contributed by atoms with Crippen molar-refractivity contribution in [2.45, 2.75) is 0 Å². The van der Waals surface area contributed by atoms with Crippen molar-refractivity contribution in [1.29, 1.82) is 0 Å². The first-order chi connectivity index (χ1) is 12.7. The Bertz CT molecular complexity index is 901. The number of carbonyl (C=O) groups excluding carboxylic acids is 1. The van der Waals surface area contributed by atoms with E-state index >= 15 is 0 Å². The first-order valence-electron chi connectivity index (χ1n) is 8.14. The third kappa shape index (κ3) is 4.52. The van der Waals surface area contributed by atoms with Gasteiger partial charge in [-0.1, -0.05) is 54.1 Å². The number of anilines is 1. The molecule has 1 N–H and O–H groups in total. The second kappa shape index (κ2) is 8.37. The Morgan fingerprint density at radius 2 is 1.58 bits per heavy atom. The van der Waals surface area contributed by atoms with Crippen LogP contribution in [0, 0.1) is 0 Å². The molecule has 1 amide bonds. The molecule has 0 saturated carbocycles. The van der Waals surface area contributed by atoms with Crippen LogP contribution >= 0.6 is 11.6 Å². The van der Waals surface area contributed by atoms with Gasteiger partial charge in [-0.15, -0.1) is 0 Å². The van der Waals surface area contributed by atoms with Crippen LogP contribution in [0.5, 0.6) is 5.75 Å². The first-order valence-corrected chi connectivity index (χ1v) is 8.51. The number of nitrogens with one attached hydrogen (secondary N) is 1. The average molecular weight is 364 g/mol. The summed E-state index contributed by atoms with van der Waals surface area (Å²) >= 11 is 5.90. The molecular weight excluding hydrogens is 346 g/mol. The van der Waals surface area contributed by atoms with Gasteiger partial charge < -0.3 is 10.1 Å². The number of benzene rings is 3. The van der Waals surface area contributed by atoms with Gasteiger partial charge in [0.05, 0.1) is 7.11 Å². The van der Waals surface area contributed by atoms with Gasteiger partial charge in [-0.2, -0.15) is 0 Å². The predicted octanol–water partition coefficient (Wildman–Crippen LogP) is 5.53. The van der Waals surface area contributed by atoms with Gasteiger partial charge in [-0.3, -0.25) is 4.79 Å². The van der Waals surface area contributed by atoms with Gasteiger partial charge in [0.1, 0.15) is 5.75 Å². The highest BCUT2D eigenvalue weighted by Gasteiger charge is 2.12. The smallest absolute Gasteiger partial charge is 0.256 e. The molecular formula is C22H18ClNO2. The lowest BCUT2D eigenvalue weighted by atomic mass is 10.0. The van der Waals surface area contributed by atoms with Gasteiger partial charge in [0.2, 0.25) is 0 Å². The fraction of sp³-hybridized carbons (Fsp3) is 0.0455. The lowest BCUT2D eigenvalue weighted by molar-refractivity contribution is -0.111. The zero-order chi connectivity index (χ0) is 18.4. The van der Waals surface area contributed by atoms with E-state index in [1.165, 1.54) is 0 Å². The molecule has 0 saturated heterocycles. The van der Waals surface area contributed by atoms with Gasteiger partial charge in [0, 0.05) is 16.3 Å². The molecule has 3 aromatic rings. The van der Waals surface area contributed by atoms with Crippen molar-refractivity contribution in [2.75, 3.05) is 12.4 Å². The average Bonchev–Trinajstić information content (AvgIpc) is 2.69. The Hall–Kier alpha value is -3.04. The van der Waals surface area contributed by atoms with Crippen molar-refractivity contribution in [3.05, 3.63) is 95.0 Å². The van der Waals surface area contributed by atoms with Crippen LogP contribution in [0.3, 0.4) is 0 Å². The van der Waals surface area contributed by atoms with Gasteiger partial charge in [0.15, 0.2) is 0 Å². The number of rotatable bonds is 5. The largest absolute Gasteiger partial charge is 0.497 e. The lowest BCUT2D eigenvalue weighted by Crippen LogP contribution is -2.13. The molecule has 26 heavy (non-hydrogen) atoms. The van der Waals surface area contributed by atoms with Crippen LogP contribution < -0.4 is 10.1 Å². The molecule has 0 bridgehead atoms. The topological polar surface area (TPSA) is 38.3 Å². The summed E-state index contributed by atoms with van der Waals surface area (Å²) in [5, 5.41) is 3.55. The maximum atomic E-state index is 12.9. The predicted molar refractivity (Wildman–Crippen MR) is 107 cm³/mol. The number of ether oxygens (including phenoxy) is 1. The molecule has 3 rings (SSSR count). The second-order valence-corrected chi connectivity index (χ2v) is 6.09. The zero-order valence-corrected chi connectivity index (χ0v) is 15.0. The monoisotopic (exact) mass is 363 g/mol. The molecule has 130 valence electrons. The maximum Gasteiger partial charge on any atom is 0.256 e. The summed E-state index contributed by atoms with van der Waals surface area (Å²) in [7, 11) is 1.62. The molecule has 0 fully saturated rings. The number of carbonyl (C=O) groups is 1. The van der Waals surface area contributed by atoms with E-state index in [2.05, 4.69) is 5.32 Å². The number of methoxy groups -OCH3 is 1. The molecule has 0 aliphatic carbocycles. The van der Waals surface area contributed by atoms with Crippen LogP contribution in [-0.4, -0.2) is 13.0 Å². The van der Waals surface area contributed by atoms with Crippen molar-refractivity contribution in [3.63, 3.8) is 0 Å². The highest BCUT2D eigenvalue weighted by Crippen LogP contribution is 2.22. The highest BCUT2D eigenvalue weighted by atomic mass is 35.5. The van der Waals surface area contributed by atoms with Crippen LogP contribution in [0.15, 0.2) is 78.9 Å². The number of hydrogen-bond acceptors (Lipinski definition) is 2. The molecule has 0 radical (unpaired) electrons. The summed E-state index contributed by atoms with van der Waals surface area (Å²) in [6, 6.07) is 24.2. The number of amides is 1. The SMILES string of the molecule is COc1ccc(C=C(C(=O)Nc2ccc(Cl)cc2)c2ccccc2)cc1. The molecule has 3 aromatic carbocycles. The molecule has 4 heteroatoms. The van der Waals surface area contributed by atoms with Crippen molar-refractivity contribution in [1.82, 2.24) is 0 Å². The van der Waals surface area contributed by atoms with E-state index in [1.807, 2.05) is 60.7 Å². The Labute approximate surface area is 157 Å². The Morgan fingerprint density at radius 3 is 2.19 bits per heavy atom. The van der Waals surface area contributed by atoms with Crippen molar-refractivity contribution in [2.24, 2.45) is 0 Å². The van der Waals surface area contributed by atoms with Gasteiger partial charge in [0.25, 0.3) is 5.91 Å². The quantitative estimate of drug-likeness (QED) is 0.478.